The van der Waals surface area contributed by atoms with Crippen LogP contribution in [0.1, 0.15) is 27.7 Å². The third-order valence-corrected chi connectivity index (χ3v) is 6.50. The second-order valence-corrected chi connectivity index (χ2v) is 8.90. The van der Waals surface area contributed by atoms with Gasteiger partial charge in [-0.25, -0.2) is 8.42 Å². The molecule has 1 rings (SSSR count). The maximum Gasteiger partial charge on any atom is 0.243 e. The number of nitrogens with zero attached hydrogens (tertiary/aromatic N) is 1. The first-order valence-corrected chi connectivity index (χ1v) is 8.52. The van der Waals surface area contributed by atoms with Gasteiger partial charge in [-0.05, 0) is 46.5 Å². The molecule has 0 amide bonds. The summed E-state index contributed by atoms with van der Waals surface area (Å²) in [7, 11) is -1.91. The van der Waals surface area contributed by atoms with Crippen molar-refractivity contribution in [2.24, 2.45) is 5.41 Å². The lowest BCUT2D eigenvalue weighted by Crippen LogP contribution is -2.42. The average Bonchev–Trinajstić information content (AvgIpc) is 2.29. The molecule has 0 fully saturated rings. The molecule has 0 N–H and O–H groups in total. The van der Waals surface area contributed by atoms with E-state index in [-0.39, 0.29) is 16.4 Å². The monoisotopic (exact) mass is 367 g/mol. The lowest BCUT2D eigenvalue weighted by atomic mass is 9.88. The Balaban J connectivity index is 3.20. The van der Waals surface area contributed by atoms with Gasteiger partial charge >= 0.3 is 0 Å². The molecule has 0 heterocycles. The summed E-state index contributed by atoms with van der Waals surface area (Å²) in [5, 5.41) is 0.491. The van der Waals surface area contributed by atoms with Crippen molar-refractivity contribution >= 4 is 37.6 Å². The summed E-state index contributed by atoms with van der Waals surface area (Å²) < 4.78 is 27.1. The van der Waals surface area contributed by atoms with Gasteiger partial charge in [0.05, 0.1) is 9.92 Å². The highest BCUT2D eigenvalue weighted by Crippen LogP contribution is 2.30. The van der Waals surface area contributed by atoms with E-state index in [4.69, 9.17) is 11.6 Å². The van der Waals surface area contributed by atoms with Crippen LogP contribution in [0.25, 0.3) is 0 Å². The fourth-order valence-corrected chi connectivity index (χ4v) is 3.78. The Hall–Kier alpha value is -0.100. The van der Waals surface area contributed by atoms with E-state index >= 15 is 0 Å². The molecule has 1 aromatic carbocycles. The Bertz CT molecular complexity index is 566. The summed E-state index contributed by atoms with van der Waals surface area (Å²) in [6.45, 7) is 7.95. The number of rotatable bonds is 3. The van der Waals surface area contributed by atoms with Crippen LogP contribution >= 0.6 is 27.5 Å². The van der Waals surface area contributed by atoms with Crippen molar-refractivity contribution in [2.75, 3.05) is 7.05 Å². The van der Waals surface area contributed by atoms with Crippen LogP contribution in [0.3, 0.4) is 0 Å². The first kappa shape index (κ1) is 17.0. The van der Waals surface area contributed by atoms with E-state index in [1.54, 1.807) is 13.1 Å². The second-order valence-electron chi connectivity index (χ2n) is 5.64. The number of sulfonamides is 1. The van der Waals surface area contributed by atoms with Gasteiger partial charge in [-0.2, -0.15) is 4.31 Å². The average molecular weight is 369 g/mol. The van der Waals surface area contributed by atoms with Crippen molar-refractivity contribution in [3.8, 4) is 0 Å². The van der Waals surface area contributed by atoms with Crippen molar-refractivity contribution in [1.29, 1.82) is 0 Å². The van der Waals surface area contributed by atoms with Gasteiger partial charge in [0, 0.05) is 17.6 Å². The van der Waals surface area contributed by atoms with Crippen LogP contribution in [0.2, 0.25) is 5.02 Å². The summed E-state index contributed by atoms with van der Waals surface area (Å²) in [5.41, 5.74) is -0.133. The minimum Gasteiger partial charge on any atom is -0.207 e. The van der Waals surface area contributed by atoms with Gasteiger partial charge in [-0.3, -0.25) is 0 Å². The molecule has 1 unspecified atom stereocenters. The largest absolute Gasteiger partial charge is 0.243 e. The van der Waals surface area contributed by atoms with Gasteiger partial charge < -0.3 is 0 Å². The zero-order valence-electron chi connectivity index (χ0n) is 11.7. The van der Waals surface area contributed by atoms with E-state index in [1.165, 1.54) is 16.4 Å². The summed E-state index contributed by atoms with van der Waals surface area (Å²) in [4.78, 5) is 0.238. The third-order valence-electron chi connectivity index (χ3n) is 3.37. The molecular weight excluding hydrogens is 350 g/mol. The van der Waals surface area contributed by atoms with E-state index < -0.39 is 10.0 Å². The minimum absolute atomic E-state index is 0.119. The Morgan fingerprint density at radius 2 is 1.84 bits per heavy atom. The molecular formula is C13H19BrClNO2S. The second kappa shape index (κ2) is 5.72. The van der Waals surface area contributed by atoms with Crippen LogP contribution in [-0.4, -0.2) is 25.8 Å². The molecule has 0 aliphatic carbocycles. The van der Waals surface area contributed by atoms with Gasteiger partial charge in [0.1, 0.15) is 0 Å². The van der Waals surface area contributed by atoms with Gasteiger partial charge in [0.25, 0.3) is 0 Å². The molecule has 0 radical (unpaired) electrons. The zero-order valence-corrected chi connectivity index (χ0v) is 14.9. The number of hydrogen-bond acceptors (Lipinski definition) is 2. The predicted octanol–water partition coefficient (Wildman–Crippen LogP) is 4.16. The van der Waals surface area contributed by atoms with Crippen molar-refractivity contribution in [3.63, 3.8) is 0 Å². The lowest BCUT2D eigenvalue weighted by Gasteiger charge is -2.34. The Labute approximate surface area is 129 Å². The standard InChI is InChI=1S/C13H19BrClNO2S/c1-9(13(2,3)4)16(5)19(17,18)10-6-7-12(15)11(14)8-10/h6-9H,1-5H3. The van der Waals surface area contributed by atoms with Gasteiger partial charge in [0.15, 0.2) is 0 Å². The normalized spacial score (nSPS) is 14.7. The quantitative estimate of drug-likeness (QED) is 0.803. The predicted molar refractivity (Wildman–Crippen MR) is 83.0 cm³/mol. The van der Waals surface area contributed by atoms with Crippen molar-refractivity contribution in [1.82, 2.24) is 4.31 Å². The first-order chi connectivity index (χ1) is 8.48. The van der Waals surface area contributed by atoms with E-state index in [2.05, 4.69) is 15.9 Å². The first-order valence-electron chi connectivity index (χ1n) is 5.91. The SMILES string of the molecule is CC(N(C)S(=O)(=O)c1ccc(Cl)c(Br)c1)C(C)(C)C. The van der Waals surface area contributed by atoms with Gasteiger partial charge in [0.2, 0.25) is 10.0 Å². The third kappa shape index (κ3) is 3.72. The number of benzene rings is 1. The van der Waals surface area contributed by atoms with Crippen LogP contribution in [0.4, 0.5) is 0 Å². The van der Waals surface area contributed by atoms with Crippen molar-refractivity contribution in [2.45, 2.75) is 38.6 Å². The van der Waals surface area contributed by atoms with Crippen LogP contribution in [0.15, 0.2) is 27.6 Å². The topological polar surface area (TPSA) is 37.4 Å². The van der Waals surface area contributed by atoms with Crippen LogP contribution in [0.5, 0.6) is 0 Å². The van der Waals surface area contributed by atoms with Crippen LogP contribution < -0.4 is 0 Å². The number of hydrogen-bond donors (Lipinski definition) is 0. The Morgan fingerprint density at radius 1 is 1.32 bits per heavy atom. The molecule has 0 aliphatic heterocycles. The molecule has 6 heteroatoms. The lowest BCUT2D eigenvalue weighted by molar-refractivity contribution is 0.216. The molecule has 108 valence electrons. The fraction of sp³-hybridized carbons (Fsp3) is 0.538. The summed E-state index contributed by atoms with van der Waals surface area (Å²) in [6, 6.07) is 4.51. The molecule has 0 saturated heterocycles. The molecule has 0 aromatic heterocycles. The van der Waals surface area contributed by atoms with Crippen LogP contribution in [0, 0.1) is 5.41 Å². The van der Waals surface area contributed by atoms with E-state index in [1.807, 2.05) is 27.7 Å². The van der Waals surface area contributed by atoms with Gasteiger partial charge in [-0.1, -0.05) is 32.4 Å². The maximum absolute atomic E-state index is 12.5. The van der Waals surface area contributed by atoms with Crippen molar-refractivity contribution < 1.29 is 8.42 Å². The summed E-state index contributed by atoms with van der Waals surface area (Å²) in [5.74, 6) is 0. The summed E-state index contributed by atoms with van der Waals surface area (Å²) in [6.07, 6.45) is 0. The molecule has 0 saturated carbocycles. The minimum atomic E-state index is -3.52. The fourth-order valence-electron chi connectivity index (χ4n) is 1.56. The van der Waals surface area contributed by atoms with Crippen molar-refractivity contribution in [3.05, 3.63) is 27.7 Å². The molecule has 1 atom stereocenters. The number of halogens is 2. The molecule has 19 heavy (non-hydrogen) atoms. The van der Waals surface area contributed by atoms with E-state index in [0.717, 1.165) is 0 Å². The maximum atomic E-state index is 12.5. The highest BCUT2D eigenvalue weighted by molar-refractivity contribution is 9.10. The molecule has 0 bridgehead atoms. The zero-order chi connectivity index (χ0) is 15.0. The highest BCUT2D eigenvalue weighted by Gasteiger charge is 2.32. The highest BCUT2D eigenvalue weighted by atomic mass is 79.9. The molecule has 0 aliphatic rings. The Morgan fingerprint density at radius 3 is 2.26 bits per heavy atom. The summed E-state index contributed by atoms with van der Waals surface area (Å²) >= 11 is 9.14. The smallest absolute Gasteiger partial charge is 0.207 e. The van der Waals surface area contributed by atoms with E-state index in [0.29, 0.717) is 9.50 Å². The van der Waals surface area contributed by atoms with Gasteiger partial charge in [-0.15, -0.1) is 0 Å². The molecule has 1 aromatic rings. The molecule has 0 spiro atoms. The molecule has 3 nitrogen and oxygen atoms in total. The van der Waals surface area contributed by atoms with Crippen LogP contribution in [-0.2, 0) is 10.0 Å². The Kier molecular flexibility index (Phi) is 5.10. The van der Waals surface area contributed by atoms with E-state index in [9.17, 15) is 8.42 Å².